The third-order valence-electron chi connectivity index (χ3n) is 2.48. The molecule has 0 amide bonds. The van der Waals surface area contributed by atoms with E-state index >= 15 is 0 Å². The quantitative estimate of drug-likeness (QED) is 0.829. The van der Waals surface area contributed by atoms with Crippen LogP contribution in [0, 0.1) is 11.6 Å². The van der Waals surface area contributed by atoms with E-state index in [2.05, 4.69) is 4.74 Å². The molecule has 0 heterocycles. The van der Waals surface area contributed by atoms with Crippen LogP contribution in [0.1, 0.15) is 11.5 Å². The monoisotopic (exact) mass is 261 g/mol. The zero-order chi connectivity index (χ0) is 13.9. The van der Waals surface area contributed by atoms with Gasteiger partial charge in [-0.05, 0) is 6.07 Å². The van der Waals surface area contributed by atoms with Crippen molar-refractivity contribution in [2.24, 2.45) is 5.73 Å². The Morgan fingerprint density at radius 2 is 1.94 bits per heavy atom. The SMILES string of the molecule is COc1c(C(CN)C(=O)O)cc(F)c(F)c1OC. The Morgan fingerprint density at radius 3 is 2.33 bits per heavy atom. The number of halogens is 2. The summed E-state index contributed by atoms with van der Waals surface area (Å²) in [5.74, 6) is -5.57. The first kappa shape index (κ1) is 14.2. The van der Waals surface area contributed by atoms with E-state index in [1.807, 2.05) is 0 Å². The maximum atomic E-state index is 13.4. The van der Waals surface area contributed by atoms with Crippen molar-refractivity contribution in [3.05, 3.63) is 23.3 Å². The van der Waals surface area contributed by atoms with E-state index in [4.69, 9.17) is 15.6 Å². The highest BCUT2D eigenvalue weighted by Crippen LogP contribution is 2.39. The number of aliphatic carboxylic acids is 1. The number of hydrogen-bond donors (Lipinski definition) is 2. The van der Waals surface area contributed by atoms with Crippen LogP contribution in [0.2, 0.25) is 0 Å². The Balaban J connectivity index is 3.52. The van der Waals surface area contributed by atoms with Gasteiger partial charge in [-0.25, -0.2) is 4.39 Å². The average molecular weight is 261 g/mol. The first-order chi connectivity index (χ1) is 8.47. The molecule has 0 bridgehead atoms. The lowest BCUT2D eigenvalue weighted by atomic mass is 9.97. The van der Waals surface area contributed by atoms with Crippen LogP contribution >= 0.6 is 0 Å². The van der Waals surface area contributed by atoms with Gasteiger partial charge in [-0.1, -0.05) is 0 Å². The Bertz CT molecular complexity index is 465. The lowest BCUT2D eigenvalue weighted by molar-refractivity contribution is -0.138. The first-order valence-electron chi connectivity index (χ1n) is 5.00. The second-order valence-corrected chi connectivity index (χ2v) is 3.45. The molecule has 0 aliphatic rings. The minimum Gasteiger partial charge on any atom is -0.492 e. The number of rotatable bonds is 5. The summed E-state index contributed by atoms with van der Waals surface area (Å²) in [6.45, 7) is -0.278. The number of carbonyl (C=O) groups is 1. The zero-order valence-electron chi connectivity index (χ0n) is 9.87. The normalized spacial score (nSPS) is 12.1. The molecule has 1 atom stereocenters. The predicted molar refractivity (Wildman–Crippen MR) is 58.9 cm³/mol. The molecule has 1 rings (SSSR count). The van der Waals surface area contributed by atoms with E-state index in [0.717, 1.165) is 13.2 Å². The summed E-state index contributed by atoms with van der Waals surface area (Å²) in [5.41, 5.74) is 5.25. The molecular weight excluding hydrogens is 248 g/mol. The van der Waals surface area contributed by atoms with Gasteiger partial charge in [0, 0.05) is 12.1 Å². The highest BCUT2D eigenvalue weighted by molar-refractivity contribution is 5.78. The summed E-state index contributed by atoms with van der Waals surface area (Å²) in [7, 11) is 2.33. The number of benzene rings is 1. The van der Waals surface area contributed by atoms with Gasteiger partial charge in [-0.3, -0.25) is 4.79 Å². The molecule has 0 saturated heterocycles. The van der Waals surface area contributed by atoms with Crippen LogP contribution in [0.5, 0.6) is 11.5 Å². The number of carboxylic acid groups (broad SMARTS) is 1. The third-order valence-corrected chi connectivity index (χ3v) is 2.48. The fourth-order valence-corrected chi connectivity index (χ4v) is 1.62. The molecular formula is C11H13F2NO4. The average Bonchev–Trinajstić information content (AvgIpc) is 2.33. The van der Waals surface area contributed by atoms with Gasteiger partial charge in [0.15, 0.2) is 17.3 Å². The van der Waals surface area contributed by atoms with E-state index in [1.165, 1.54) is 7.11 Å². The summed E-state index contributed by atoms with van der Waals surface area (Å²) in [5, 5.41) is 8.98. The topological polar surface area (TPSA) is 81.8 Å². The predicted octanol–water partition coefficient (Wildman–Crippen LogP) is 1.11. The van der Waals surface area contributed by atoms with E-state index in [1.54, 1.807) is 0 Å². The Hall–Kier alpha value is -1.89. The van der Waals surface area contributed by atoms with Gasteiger partial charge >= 0.3 is 5.97 Å². The lowest BCUT2D eigenvalue weighted by Crippen LogP contribution is -2.22. The molecule has 0 radical (unpaired) electrons. The fourth-order valence-electron chi connectivity index (χ4n) is 1.62. The summed E-state index contributed by atoms with van der Waals surface area (Å²) < 4.78 is 36.4. The summed E-state index contributed by atoms with van der Waals surface area (Å²) in [6, 6.07) is 0.752. The smallest absolute Gasteiger partial charge is 0.312 e. The largest absolute Gasteiger partial charge is 0.492 e. The number of carboxylic acids is 1. The van der Waals surface area contributed by atoms with E-state index in [0.29, 0.717) is 0 Å². The Morgan fingerprint density at radius 1 is 1.39 bits per heavy atom. The molecule has 0 aromatic heterocycles. The molecule has 1 aromatic rings. The number of hydrogen-bond acceptors (Lipinski definition) is 4. The van der Waals surface area contributed by atoms with Crippen molar-refractivity contribution in [2.75, 3.05) is 20.8 Å². The van der Waals surface area contributed by atoms with Crippen molar-refractivity contribution in [1.29, 1.82) is 0 Å². The molecule has 7 heteroatoms. The maximum Gasteiger partial charge on any atom is 0.312 e. The molecule has 3 N–H and O–H groups in total. The molecule has 5 nitrogen and oxygen atoms in total. The van der Waals surface area contributed by atoms with Crippen molar-refractivity contribution in [2.45, 2.75) is 5.92 Å². The summed E-state index contributed by atoms with van der Waals surface area (Å²) in [6.07, 6.45) is 0. The van der Waals surface area contributed by atoms with Crippen LogP contribution < -0.4 is 15.2 Å². The molecule has 0 aliphatic carbocycles. The van der Waals surface area contributed by atoms with Crippen LogP contribution in [0.25, 0.3) is 0 Å². The van der Waals surface area contributed by atoms with Crippen LogP contribution in [0.15, 0.2) is 6.07 Å². The molecule has 1 aromatic carbocycles. The molecule has 100 valence electrons. The maximum absolute atomic E-state index is 13.4. The van der Waals surface area contributed by atoms with Gasteiger partial charge in [-0.2, -0.15) is 4.39 Å². The van der Waals surface area contributed by atoms with E-state index in [-0.39, 0.29) is 17.9 Å². The van der Waals surface area contributed by atoms with E-state index < -0.39 is 29.3 Å². The summed E-state index contributed by atoms with van der Waals surface area (Å²) >= 11 is 0. The van der Waals surface area contributed by atoms with Crippen LogP contribution in [0.3, 0.4) is 0 Å². The summed E-state index contributed by atoms with van der Waals surface area (Å²) in [4.78, 5) is 11.0. The molecule has 18 heavy (non-hydrogen) atoms. The van der Waals surface area contributed by atoms with Crippen LogP contribution in [0.4, 0.5) is 8.78 Å². The fraction of sp³-hybridized carbons (Fsp3) is 0.364. The molecule has 0 aliphatic heterocycles. The van der Waals surface area contributed by atoms with Gasteiger partial charge in [0.2, 0.25) is 5.82 Å². The zero-order valence-corrected chi connectivity index (χ0v) is 9.87. The van der Waals surface area contributed by atoms with Crippen molar-refractivity contribution in [3.63, 3.8) is 0 Å². The third kappa shape index (κ3) is 2.35. The van der Waals surface area contributed by atoms with Crippen molar-refractivity contribution >= 4 is 5.97 Å². The highest BCUT2D eigenvalue weighted by Gasteiger charge is 2.28. The number of nitrogens with two attached hydrogens (primary N) is 1. The Labute approximate surface area is 102 Å². The minimum absolute atomic E-state index is 0.0664. The molecule has 0 spiro atoms. The Kier molecular flexibility index (Phi) is 4.43. The van der Waals surface area contributed by atoms with Crippen molar-refractivity contribution in [1.82, 2.24) is 0 Å². The second-order valence-electron chi connectivity index (χ2n) is 3.45. The van der Waals surface area contributed by atoms with Crippen LogP contribution in [-0.4, -0.2) is 31.8 Å². The molecule has 0 saturated carbocycles. The van der Waals surface area contributed by atoms with Gasteiger partial charge < -0.3 is 20.3 Å². The minimum atomic E-state index is -1.26. The van der Waals surface area contributed by atoms with Gasteiger partial charge in [0.05, 0.1) is 20.1 Å². The van der Waals surface area contributed by atoms with Gasteiger partial charge in [-0.15, -0.1) is 0 Å². The standard InChI is InChI=1S/C11H13F2NO4/c1-17-9-5(6(4-14)11(15)16)3-7(12)8(13)10(9)18-2/h3,6H,4,14H2,1-2H3,(H,15,16). The highest BCUT2D eigenvalue weighted by atomic mass is 19.2. The lowest BCUT2D eigenvalue weighted by Gasteiger charge is -2.17. The molecule has 1 unspecified atom stereocenters. The van der Waals surface area contributed by atoms with E-state index in [9.17, 15) is 13.6 Å². The van der Waals surface area contributed by atoms with Crippen molar-refractivity contribution < 1.29 is 28.2 Å². The number of methoxy groups -OCH3 is 2. The van der Waals surface area contributed by atoms with Gasteiger partial charge in [0.1, 0.15) is 0 Å². The first-order valence-corrected chi connectivity index (χ1v) is 5.00. The second kappa shape index (κ2) is 5.63. The number of ether oxygens (including phenoxy) is 2. The van der Waals surface area contributed by atoms with Crippen LogP contribution in [-0.2, 0) is 4.79 Å². The van der Waals surface area contributed by atoms with Gasteiger partial charge in [0.25, 0.3) is 0 Å². The van der Waals surface area contributed by atoms with Crippen molar-refractivity contribution in [3.8, 4) is 11.5 Å². The molecule has 0 fully saturated rings.